The summed E-state index contributed by atoms with van der Waals surface area (Å²) in [5.41, 5.74) is 3.51. The summed E-state index contributed by atoms with van der Waals surface area (Å²) >= 11 is 0. The highest BCUT2D eigenvalue weighted by Gasteiger charge is 2.25. The van der Waals surface area contributed by atoms with Crippen LogP contribution in [0.4, 0.5) is 4.39 Å². The van der Waals surface area contributed by atoms with Gasteiger partial charge in [-0.15, -0.1) is 0 Å². The zero-order valence-electron chi connectivity index (χ0n) is 17.7. The minimum atomic E-state index is -3.37. The monoisotopic (exact) mass is 451 g/mol. The van der Waals surface area contributed by atoms with Gasteiger partial charge >= 0.3 is 0 Å². The largest absolute Gasteiger partial charge is 0.440 e. The second-order valence-electron chi connectivity index (χ2n) is 7.89. The van der Waals surface area contributed by atoms with Gasteiger partial charge in [0.1, 0.15) is 17.1 Å². The van der Waals surface area contributed by atoms with Crippen LogP contribution in [0.25, 0.3) is 11.1 Å². The smallest absolute Gasteiger partial charge is 0.202 e. The predicted molar refractivity (Wildman–Crippen MR) is 120 cm³/mol. The molecule has 0 aliphatic rings. The number of Topliss-reactive ketones (excluding diaryl/α,β-unsaturated/α-hetero) is 1. The second-order valence-corrected chi connectivity index (χ2v) is 9.91. The van der Waals surface area contributed by atoms with Crippen LogP contribution in [-0.2, 0) is 27.5 Å². The van der Waals surface area contributed by atoms with Gasteiger partial charge in [0, 0.05) is 12.2 Å². The standard InChI is InChI=1S/C25H22FNO4S/c1-16-13-19(32(2,29)30)11-12-20(16)21(14-17-7-9-18(26)10-8-17)23(28)15-25-27-22-5-3-4-6-24(22)31-25/h3-13,21H,14-15H2,1-2H3. The molecule has 164 valence electrons. The quantitative estimate of drug-likeness (QED) is 0.403. The number of aromatic nitrogens is 1. The summed E-state index contributed by atoms with van der Waals surface area (Å²) in [7, 11) is -3.37. The Balaban J connectivity index is 1.69. The van der Waals surface area contributed by atoms with Crippen molar-refractivity contribution in [1.29, 1.82) is 0 Å². The van der Waals surface area contributed by atoms with Crippen LogP contribution in [0.15, 0.2) is 76.0 Å². The maximum absolute atomic E-state index is 13.4. The van der Waals surface area contributed by atoms with Crippen LogP contribution in [-0.4, -0.2) is 25.4 Å². The van der Waals surface area contributed by atoms with Crippen LogP contribution in [0.3, 0.4) is 0 Å². The molecule has 4 aromatic rings. The number of sulfone groups is 1. The zero-order valence-corrected chi connectivity index (χ0v) is 18.5. The molecule has 1 aromatic heterocycles. The topological polar surface area (TPSA) is 77.2 Å². The van der Waals surface area contributed by atoms with Gasteiger partial charge in [0.15, 0.2) is 15.4 Å². The van der Waals surface area contributed by atoms with E-state index in [0.29, 0.717) is 29.0 Å². The van der Waals surface area contributed by atoms with Crippen molar-refractivity contribution in [1.82, 2.24) is 4.98 Å². The number of nitrogens with zero attached hydrogens (tertiary/aromatic N) is 1. The molecule has 0 spiro atoms. The van der Waals surface area contributed by atoms with Gasteiger partial charge in [-0.1, -0.05) is 30.3 Å². The van der Waals surface area contributed by atoms with Gasteiger partial charge in [0.05, 0.1) is 11.3 Å². The van der Waals surface area contributed by atoms with Gasteiger partial charge in [-0.05, 0) is 66.4 Å². The summed E-state index contributed by atoms with van der Waals surface area (Å²) in [4.78, 5) is 18.0. The van der Waals surface area contributed by atoms with Gasteiger partial charge in [-0.25, -0.2) is 17.8 Å². The van der Waals surface area contributed by atoms with Gasteiger partial charge < -0.3 is 4.42 Å². The molecule has 0 amide bonds. The van der Waals surface area contributed by atoms with E-state index in [-0.39, 0.29) is 22.9 Å². The summed E-state index contributed by atoms with van der Waals surface area (Å²) in [6.07, 6.45) is 1.49. The molecule has 1 heterocycles. The highest BCUT2D eigenvalue weighted by molar-refractivity contribution is 7.90. The number of oxazole rings is 1. The van der Waals surface area contributed by atoms with Crippen molar-refractivity contribution in [3.8, 4) is 0 Å². The van der Waals surface area contributed by atoms with Crippen LogP contribution in [0.1, 0.15) is 28.5 Å². The van der Waals surface area contributed by atoms with Crippen molar-refractivity contribution in [2.24, 2.45) is 0 Å². The third-order valence-electron chi connectivity index (χ3n) is 5.45. The number of benzene rings is 3. The molecule has 0 saturated heterocycles. The minimum absolute atomic E-state index is 0.00614. The maximum Gasteiger partial charge on any atom is 0.202 e. The lowest BCUT2D eigenvalue weighted by molar-refractivity contribution is -0.120. The molecule has 7 heteroatoms. The number of fused-ring (bicyclic) bond motifs is 1. The number of halogens is 1. The first-order chi connectivity index (χ1) is 15.2. The van der Waals surface area contributed by atoms with Crippen molar-refractivity contribution in [2.45, 2.75) is 30.6 Å². The fourth-order valence-electron chi connectivity index (χ4n) is 3.79. The molecule has 0 N–H and O–H groups in total. The van der Waals surface area contributed by atoms with Crippen molar-refractivity contribution in [2.75, 3.05) is 6.26 Å². The summed E-state index contributed by atoms with van der Waals surface area (Å²) in [6, 6.07) is 18.1. The molecule has 0 aliphatic carbocycles. The Bertz CT molecular complexity index is 1360. The van der Waals surface area contributed by atoms with E-state index in [0.717, 1.165) is 17.4 Å². The molecule has 4 rings (SSSR count). The third-order valence-corrected chi connectivity index (χ3v) is 6.56. The molecule has 0 radical (unpaired) electrons. The number of carbonyl (C=O) groups excluding carboxylic acids is 1. The number of rotatable bonds is 7. The fourth-order valence-corrected chi connectivity index (χ4v) is 4.50. The van der Waals surface area contributed by atoms with Gasteiger partial charge in [-0.2, -0.15) is 0 Å². The molecule has 0 aliphatic heterocycles. The summed E-state index contributed by atoms with van der Waals surface area (Å²) < 4.78 is 42.9. The van der Waals surface area contributed by atoms with Gasteiger partial charge in [0.2, 0.25) is 5.89 Å². The molecule has 32 heavy (non-hydrogen) atoms. The lowest BCUT2D eigenvalue weighted by Crippen LogP contribution is -2.19. The first-order valence-corrected chi connectivity index (χ1v) is 12.0. The molecule has 1 unspecified atom stereocenters. The van der Waals surface area contributed by atoms with Crippen molar-refractivity contribution >= 4 is 26.7 Å². The number of carbonyl (C=O) groups is 1. The summed E-state index contributed by atoms with van der Waals surface area (Å²) in [5.74, 6) is -0.706. The summed E-state index contributed by atoms with van der Waals surface area (Å²) in [6.45, 7) is 1.79. The van der Waals surface area contributed by atoms with Crippen molar-refractivity contribution in [3.63, 3.8) is 0 Å². The van der Waals surface area contributed by atoms with E-state index in [9.17, 15) is 17.6 Å². The number of aryl methyl sites for hydroxylation is 1. The number of hydrogen-bond acceptors (Lipinski definition) is 5. The first kappa shape index (κ1) is 21.9. The van der Waals surface area contributed by atoms with Crippen LogP contribution >= 0.6 is 0 Å². The Morgan fingerprint density at radius 2 is 1.78 bits per heavy atom. The highest BCUT2D eigenvalue weighted by Crippen LogP contribution is 2.29. The lowest BCUT2D eigenvalue weighted by Gasteiger charge is -2.19. The third kappa shape index (κ3) is 4.78. The second kappa shape index (κ2) is 8.67. The zero-order chi connectivity index (χ0) is 22.9. The number of hydrogen-bond donors (Lipinski definition) is 0. The maximum atomic E-state index is 13.4. The average Bonchev–Trinajstić information content (AvgIpc) is 3.15. The average molecular weight is 452 g/mol. The van der Waals surface area contributed by atoms with Gasteiger partial charge in [0.25, 0.3) is 0 Å². The number of ketones is 1. The SMILES string of the molecule is Cc1cc(S(C)(=O)=O)ccc1C(Cc1ccc(F)cc1)C(=O)Cc1nc2ccccc2o1. The normalized spacial score (nSPS) is 12.7. The molecule has 3 aromatic carbocycles. The molecular formula is C25H22FNO4S. The van der Waals surface area contributed by atoms with E-state index >= 15 is 0 Å². The fraction of sp³-hybridized carbons (Fsp3) is 0.200. The summed E-state index contributed by atoms with van der Waals surface area (Å²) in [5, 5.41) is 0. The van der Waals surface area contributed by atoms with Crippen LogP contribution in [0.2, 0.25) is 0 Å². The van der Waals surface area contributed by atoms with Crippen LogP contribution < -0.4 is 0 Å². The Morgan fingerprint density at radius 3 is 2.44 bits per heavy atom. The van der Waals surface area contributed by atoms with E-state index in [1.807, 2.05) is 18.2 Å². The molecule has 0 bridgehead atoms. The molecule has 0 fully saturated rings. The lowest BCUT2D eigenvalue weighted by atomic mass is 9.85. The predicted octanol–water partition coefficient (Wildman–Crippen LogP) is 4.82. The molecule has 1 atom stereocenters. The van der Waals surface area contributed by atoms with Crippen LogP contribution in [0, 0.1) is 12.7 Å². The van der Waals surface area contributed by atoms with Gasteiger partial charge in [-0.3, -0.25) is 4.79 Å². The van der Waals surface area contributed by atoms with Crippen molar-refractivity contribution < 1.29 is 22.0 Å². The van der Waals surface area contributed by atoms with Crippen molar-refractivity contribution in [3.05, 3.63) is 95.1 Å². The first-order valence-electron chi connectivity index (χ1n) is 10.1. The Morgan fingerprint density at radius 1 is 1.06 bits per heavy atom. The van der Waals surface area contributed by atoms with E-state index in [2.05, 4.69) is 4.98 Å². The molecule has 5 nitrogen and oxygen atoms in total. The van der Waals surface area contributed by atoms with E-state index in [1.165, 1.54) is 18.2 Å². The van der Waals surface area contributed by atoms with E-state index < -0.39 is 15.8 Å². The Kier molecular flexibility index (Phi) is 5.93. The Hall–Kier alpha value is -3.32. The van der Waals surface area contributed by atoms with E-state index in [1.54, 1.807) is 37.3 Å². The highest BCUT2D eigenvalue weighted by atomic mass is 32.2. The molecule has 0 saturated carbocycles. The van der Waals surface area contributed by atoms with Crippen LogP contribution in [0.5, 0.6) is 0 Å². The number of para-hydroxylation sites is 2. The minimum Gasteiger partial charge on any atom is -0.440 e. The molecular weight excluding hydrogens is 429 g/mol. The van der Waals surface area contributed by atoms with E-state index in [4.69, 9.17) is 4.42 Å². The Labute approximate surface area is 185 Å².